The minimum Gasteiger partial charge on any atom is -0.392 e. The van der Waals surface area contributed by atoms with E-state index in [1.807, 2.05) is 0 Å². The van der Waals surface area contributed by atoms with E-state index >= 15 is 4.39 Å². The van der Waals surface area contributed by atoms with Gasteiger partial charge in [0.15, 0.2) is 9.84 Å². The van der Waals surface area contributed by atoms with Crippen LogP contribution in [0.2, 0.25) is 5.02 Å². The fraction of sp³-hybridized carbons (Fsp3) is 0.148. The van der Waals surface area contributed by atoms with Crippen LogP contribution in [0.4, 0.5) is 8.78 Å². The number of nitrogens with zero attached hydrogens (tertiary/aromatic N) is 5. The number of halogens is 3. The third kappa shape index (κ3) is 4.96. The molecule has 2 aromatic heterocycles. The predicted molar refractivity (Wildman–Crippen MR) is 143 cm³/mol. The van der Waals surface area contributed by atoms with Gasteiger partial charge in [0.05, 0.1) is 34.8 Å². The van der Waals surface area contributed by atoms with Crippen molar-refractivity contribution in [2.45, 2.75) is 25.3 Å². The minimum absolute atomic E-state index is 0.100. The molecule has 0 amide bonds. The Balaban J connectivity index is 1.81. The molecular weight excluding hydrogens is 548 g/mol. The number of hydrogen-bond acceptors (Lipinski definition) is 6. The monoisotopic (exact) mass is 569 g/mol. The average Bonchev–Trinajstić information content (AvgIpc) is 3.49. The van der Waals surface area contributed by atoms with Crippen LogP contribution in [0.25, 0.3) is 33.8 Å². The van der Waals surface area contributed by atoms with Crippen LogP contribution >= 0.6 is 11.6 Å². The van der Waals surface area contributed by atoms with Crippen molar-refractivity contribution in [1.82, 2.24) is 24.5 Å². The standard InChI is InChI=1S/C27H22ClF2N5O3S/c1-15-13-34(16(2)32-15)27-23(30)9-18(19-8-22(29)21(14-36)26(11-19)39(3,37)38)10-24(27)35-25(12-31-33-35)17-4-6-20(28)7-5-17/h4-13,36H,14H2,1-3H3. The van der Waals surface area contributed by atoms with E-state index in [4.69, 9.17) is 11.6 Å². The molecular formula is C27H22ClF2N5O3S. The first-order chi connectivity index (χ1) is 18.5. The number of aliphatic hydroxyl groups excluding tert-OH is 1. The fourth-order valence-corrected chi connectivity index (χ4v) is 5.57. The number of hydrogen-bond donors (Lipinski definition) is 1. The van der Waals surface area contributed by atoms with Gasteiger partial charge in [0, 0.05) is 28.6 Å². The SMILES string of the molecule is Cc1cn(-c2c(F)cc(-c3cc(F)c(CO)c(S(C)(=O)=O)c3)cc2-n2nncc2-c2ccc(Cl)cc2)c(C)n1. The zero-order chi connectivity index (χ0) is 28.1. The highest BCUT2D eigenvalue weighted by atomic mass is 35.5. The molecule has 0 atom stereocenters. The van der Waals surface area contributed by atoms with Crippen molar-refractivity contribution in [3.05, 3.63) is 94.7 Å². The molecule has 200 valence electrons. The molecule has 12 heteroatoms. The minimum atomic E-state index is -3.91. The predicted octanol–water partition coefficient (Wildman–Crippen LogP) is 5.23. The molecule has 2 heterocycles. The van der Waals surface area contributed by atoms with E-state index in [-0.39, 0.29) is 33.0 Å². The van der Waals surface area contributed by atoms with E-state index in [0.29, 0.717) is 27.8 Å². The van der Waals surface area contributed by atoms with Gasteiger partial charge in [-0.1, -0.05) is 28.9 Å². The Hall–Kier alpha value is -3.93. The van der Waals surface area contributed by atoms with Gasteiger partial charge in [0.1, 0.15) is 23.1 Å². The molecule has 0 aliphatic rings. The van der Waals surface area contributed by atoms with Crippen molar-refractivity contribution in [1.29, 1.82) is 0 Å². The molecule has 0 radical (unpaired) electrons. The molecule has 0 saturated heterocycles. The lowest BCUT2D eigenvalue weighted by Crippen LogP contribution is -2.10. The summed E-state index contributed by atoms with van der Waals surface area (Å²) in [5, 5.41) is 18.4. The van der Waals surface area contributed by atoms with Crippen LogP contribution in [-0.4, -0.2) is 44.3 Å². The second-order valence-electron chi connectivity index (χ2n) is 9.03. The van der Waals surface area contributed by atoms with Crippen molar-refractivity contribution in [2.24, 2.45) is 0 Å². The van der Waals surface area contributed by atoms with Gasteiger partial charge >= 0.3 is 0 Å². The average molecular weight is 570 g/mol. The Morgan fingerprint density at radius 2 is 1.64 bits per heavy atom. The van der Waals surface area contributed by atoms with Crippen molar-refractivity contribution in [3.8, 4) is 33.8 Å². The van der Waals surface area contributed by atoms with Gasteiger partial charge in [0.25, 0.3) is 0 Å². The van der Waals surface area contributed by atoms with E-state index in [2.05, 4.69) is 15.3 Å². The number of benzene rings is 3. The molecule has 0 fully saturated rings. The fourth-order valence-electron chi connectivity index (χ4n) is 4.49. The summed E-state index contributed by atoms with van der Waals surface area (Å²) in [6.07, 6.45) is 4.10. The zero-order valence-electron chi connectivity index (χ0n) is 21.0. The molecule has 1 N–H and O–H groups in total. The Morgan fingerprint density at radius 3 is 2.26 bits per heavy atom. The van der Waals surface area contributed by atoms with Crippen LogP contribution in [0.1, 0.15) is 17.1 Å². The van der Waals surface area contributed by atoms with Crippen molar-refractivity contribution < 1.29 is 22.3 Å². The van der Waals surface area contributed by atoms with Crippen LogP contribution in [0.5, 0.6) is 0 Å². The molecule has 0 aliphatic carbocycles. The zero-order valence-corrected chi connectivity index (χ0v) is 22.6. The van der Waals surface area contributed by atoms with Crippen LogP contribution < -0.4 is 0 Å². The molecule has 5 rings (SSSR count). The Morgan fingerprint density at radius 1 is 0.974 bits per heavy atom. The van der Waals surface area contributed by atoms with Gasteiger partial charge in [-0.2, -0.15) is 0 Å². The smallest absolute Gasteiger partial charge is 0.176 e. The number of imidazole rings is 1. The summed E-state index contributed by atoms with van der Waals surface area (Å²) in [6, 6.07) is 12.0. The molecule has 0 saturated carbocycles. The lowest BCUT2D eigenvalue weighted by Gasteiger charge is -2.17. The van der Waals surface area contributed by atoms with Crippen molar-refractivity contribution >= 4 is 21.4 Å². The summed E-state index contributed by atoms with van der Waals surface area (Å²) >= 11 is 6.06. The van der Waals surface area contributed by atoms with Crippen molar-refractivity contribution in [2.75, 3.05) is 6.26 Å². The Bertz CT molecular complexity index is 1830. The summed E-state index contributed by atoms with van der Waals surface area (Å²) in [6.45, 7) is 2.70. The van der Waals surface area contributed by atoms with Crippen LogP contribution in [0.3, 0.4) is 0 Å². The normalized spacial score (nSPS) is 11.8. The molecule has 3 aromatic carbocycles. The third-order valence-corrected chi connectivity index (χ3v) is 7.67. The van der Waals surface area contributed by atoms with Crippen LogP contribution in [0, 0.1) is 25.5 Å². The van der Waals surface area contributed by atoms with Crippen LogP contribution in [-0.2, 0) is 16.4 Å². The molecule has 0 aliphatic heterocycles. The third-order valence-electron chi connectivity index (χ3n) is 6.25. The molecule has 39 heavy (non-hydrogen) atoms. The van der Waals surface area contributed by atoms with Gasteiger partial charge in [-0.15, -0.1) is 5.10 Å². The van der Waals surface area contributed by atoms with E-state index in [9.17, 15) is 17.9 Å². The van der Waals surface area contributed by atoms with Crippen molar-refractivity contribution in [3.63, 3.8) is 0 Å². The summed E-state index contributed by atoms with van der Waals surface area (Å²) in [7, 11) is -3.91. The van der Waals surface area contributed by atoms with Gasteiger partial charge in [-0.05, 0) is 61.4 Å². The quantitative estimate of drug-likeness (QED) is 0.300. The number of sulfone groups is 1. The Kier molecular flexibility index (Phi) is 6.83. The van der Waals surface area contributed by atoms with E-state index in [0.717, 1.165) is 12.3 Å². The molecule has 5 aromatic rings. The maximum absolute atomic E-state index is 16.1. The summed E-state index contributed by atoms with van der Waals surface area (Å²) in [5.74, 6) is -1.09. The van der Waals surface area contributed by atoms with Gasteiger partial charge < -0.3 is 5.11 Å². The van der Waals surface area contributed by atoms with E-state index in [1.165, 1.54) is 23.0 Å². The van der Waals surface area contributed by atoms with Gasteiger partial charge in [0.2, 0.25) is 0 Å². The number of aromatic nitrogens is 5. The lowest BCUT2D eigenvalue weighted by molar-refractivity contribution is 0.272. The summed E-state index contributed by atoms with van der Waals surface area (Å²) in [4.78, 5) is 4.01. The lowest BCUT2D eigenvalue weighted by atomic mass is 10.0. The van der Waals surface area contributed by atoms with Crippen LogP contribution in [0.15, 0.2) is 65.8 Å². The second kappa shape index (κ2) is 9.99. The first-order valence-electron chi connectivity index (χ1n) is 11.6. The van der Waals surface area contributed by atoms with E-state index < -0.39 is 28.1 Å². The van der Waals surface area contributed by atoms with E-state index in [1.54, 1.807) is 54.9 Å². The summed E-state index contributed by atoms with van der Waals surface area (Å²) < 4.78 is 58.8. The molecule has 8 nitrogen and oxygen atoms in total. The molecule has 0 spiro atoms. The van der Waals surface area contributed by atoms with Gasteiger partial charge in [-0.25, -0.2) is 26.9 Å². The number of aliphatic hydroxyl groups is 1. The molecule has 0 bridgehead atoms. The number of rotatable bonds is 6. The first-order valence-corrected chi connectivity index (χ1v) is 13.9. The highest BCUT2D eigenvalue weighted by Crippen LogP contribution is 2.35. The molecule has 0 unspecified atom stereocenters. The highest BCUT2D eigenvalue weighted by molar-refractivity contribution is 7.90. The maximum Gasteiger partial charge on any atom is 0.176 e. The second-order valence-corrected chi connectivity index (χ2v) is 11.4. The largest absolute Gasteiger partial charge is 0.392 e. The topological polar surface area (TPSA) is 103 Å². The number of aryl methyl sites for hydroxylation is 2. The highest BCUT2D eigenvalue weighted by Gasteiger charge is 2.23. The first kappa shape index (κ1) is 26.7. The maximum atomic E-state index is 16.1. The Labute approximate surface area is 228 Å². The van der Waals surface area contributed by atoms with Gasteiger partial charge in [-0.3, -0.25) is 4.57 Å². The summed E-state index contributed by atoms with van der Waals surface area (Å²) in [5.41, 5.74) is 2.20.